The molecule has 1 saturated carbocycles. The number of likely N-dealkylation sites (tertiary alicyclic amines) is 1. The van der Waals surface area contributed by atoms with Gasteiger partial charge in [-0.15, -0.1) is 0 Å². The first-order valence-electron chi connectivity index (χ1n) is 7.94. The van der Waals surface area contributed by atoms with E-state index in [0.29, 0.717) is 19.4 Å². The normalized spacial score (nSPS) is 28.5. The lowest BCUT2D eigenvalue weighted by atomic mass is 9.71. The Morgan fingerprint density at radius 3 is 2.40 bits per heavy atom. The first-order valence-corrected chi connectivity index (χ1v) is 7.94. The summed E-state index contributed by atoms with van der Waals surface area (Å²) < 4.78 is 38.4. The van der Waals surface area contributed by atoms with Gasteiger partial charge in [0.25, 0.3) is 0 Å². The molecular weight excluding hydrogens is 265 g/mol. The highest BCUT2D eigenvalue weighted by Gasteiger charge is 2.42. The summed E-state index contributed by atoms with van der Waals surface area (Å²) in [5, 5.41) is 0. The van der Waals surface area contributed by atoms with E-state index in [2.05, 4.69) is 0 Å². The zero-order valence-electron chi connectivity index (χ0n) is 12.2. The summed E-state index contributed by atoms with van der Waals surface area (Å²) in [4.78, 5) is 2.01. The fraction of sp³-hybridized carbons (Fsp3) is 1.00. The predicted molar refractivity (Wildman–Crippen MR) is 74.4 cm³/mol. The topological polar surface area (TPSA) is 29.3 Å². The van der Waals surface area contributed by atoms with Crippen LogP contribution < -0.4 is 5.73 Å². The van der Waals surface area contributed by atoms with E-state index >= 15 is 0 Å². The van der Waals surface area contributed by atoms with Crippen LogP contribution >= 0.6 is 0 Å². The highest BCUT2D eigenvalue weighted by atomic mass is 19.4. The average molecular weight is 292 g/mol. The van der Waals surface area contributed by atoms with E-state index in [1.165, 1.54) is 19.3 Å². The van der Waals surface area contributed by atoms with Gasteiger partial charge in [-0.3, -0.25) is 0 Å². The van der Waals surface area contributed by atoms with Crippen LogP contribution in [-0.2, 0) is 0 Å². The maximum Gasteiger partial charge on any atom is 0.393 e. The standard InChI is InChI=1S/C15H27F3N2/c16-15(17,18)13-5-4-9-20(11-13)10-8-14(12-19)6-2-1-3-7-14/h13H,1-12,19H2. The molecule has 20 heavy (non-hydrogen) atoms. The molecule has 2 aliphatic rings. The highest BCUT2D eigenvalue weighted by Crippen LogP contribution is 2.39. The molecule has 0 amide bonds. The third-order valence-corrected chi connectivity index (χ3v) is 5.27. The molecule has 1 atom stereocenters. The number of piperidine rings is 1. The summed E-state index contributed by atoms with van der Waals surface area (Å²) in [5.41, 5.74) is 6.15. The van der Waals surface area contributed by atoms with E-state index in [9.17, 15) is 13.2 Å². The molecule has 1 heterocycles. The minimum Gasteiger partial charge on any atom is -0.330 e. The summed E-state index contributed by atoms with van der Waals surface area (Å²) in [6.45, 7) is 2.46. The van der Waals surface area contributed by atoms with Crippen molar-refractivity contribution in [3.8, 4) is 0 Å². The van der Waals surface area contributed by atoms with Gasteiger partial charge in [-0.2, -0.15) is 13.2 Å². The number of hydrogen-bond acceptors (Lipinski definition) is 2. The number of hydrogen-bond donors (Lipinski definition) is 1. The number of nitrogens with zero attached hydrogens (tertiary/aromatic N) is 1. The minimum atomic E-state index is -4.03. The van der Waals surface area contributed by atoms with Gasteiger partial charge >= 0.3 is 6.18 Å². The lowest BCUT2D eigenvalue weighted by Crippen LogP contribution is -2.44. The van der Waals surface area contributed by atoms with Gasteiger partial charge in [0.15, 0.2) is 0 Å². The van der Waals surface area contributed by atoms with Crippen LogP contribution in [0, 0.1) is 11.3 Å². The van der Waals surface area contributed by atoms with E-state index < -0.39 is 12.1 Å². The Balaban J connectivity index is 1.83. The Morgan fingerprint density at radius 1 is 1.10 bits per heavy atom. The van der Waals surface area contributed by atoms with Crippen LogP contribution in [0.25, 0.3) is 0 Å². The second-order valence-electron chi connectivity index (χ2n) is 6.70. The van der Waals surface area contributed by atoms with Gasteiger partial charge in [0.05, 0.1) is 5.92 Å². The Labute approximate surface area is 119 Å². The number of rotatable bonds is 4. The molecule has 1 aliphatic heterocycles. The summed E-state index contributed by atoms with van der Waals surface area (Å²) in [5.74, 6) is -1.13. The zero-order chi connectivity index (χ0) is 14.6. The lowest BCUT2D eigenvalue weighted by Gasteiger charge is -2.40. The number of halogens is 3. The molecule has 2 nitrogen and oxygen atoms in total. The number of nitrogens with two attached hydrogens (primary N) is 1. The predicted octanol–water partition coefficient (Wildman–Crippen LogP) is 3.56. The highest BCUT2D eigenvalue weighted by molar-refractivity contribution is 4.86. The van der Waals surface area contributed by atoms with Gasteiger partial charge in [0.2, 0.25) is 0 Å². The first-order chi connectivity index (χ1) is 9.45. The second-order valence-corrected chi connectivity index (χ2v) is 6.70. The second kappa shape index (κ2) is 6.65. The summed E-state index contributed by atoms with van der Waals surface area (Å²) in [6.07, 6.45) is 3.93. The van der Waals surface area contributed by atoms with Crippen molar-refractivity contribution < 1.29 is 13.2 Å². The van der Waals surface area contributed by atoms with E-state index in [0.717, 1.165) is 32.4 Å². The molecule has 0 bridgehead atoms. The van der Waals surface area contributed by atoms with E-state index in [4.69, 9.17) is 5.73 Å². The summed E-state index contributed by atoms with van der Waals surface area (Å²) in [6, 6.07) is 0. The van der Waals surface area contributed by atoms with Gasteiger partial charge in [0, 0.05) is 6.54 Å². The molecule has 0 aromatic rings. The SMILES string of the molecule is NCC1(CCN2CCCC(C(F)(F)F)C2)CCCCC1. The number of alkyl halides is 3. The Morgan fingerprint density at radius 2 is 1.80 bits per heavy atom. The lowest BCUT2D eigenvalue weighted by molar-refractivity contribution is -0.186. The van der Waals surface area contributed by atoms with Gasteiger partial charge in [-0.25, -0.2) is 0 Å². The van der Waals surface area contributed by atoms with Crippen molar-refractivity contribution >= 4 is 0 Å². The van der Waals surface area contributed by atoms with Crippen molar-refractivity contribution in [1.82, 2.24) is 4.90 Å². The van der Waals surface area contributed by atoms with Crippen LogP contribution in [0.4, 0.5) is 13.2 Å². The van der Waals surface area contributed by atoms with E-state index in [1.807, 2.05) is 4.90 Å². The van der Waals surface area contributed by atoms with Crippen molar-refractivity contribution in [2.75, 3.05) is 26.2 Å². The Hall–Kier alpha value is -0.290. The van der Waals surface area contributed by atoms with Crippen molar-refractivity contribution in [3.63, 3.8) is 0 Å². The average Bonchev–Trinajstić information content (AvgIpc) is 2.46. The molecule has 2 N–H and O–H groups in total. The molecule has 2 fully saturated rings. The molecule has 1 unspecified atom stereocenters. The van der Waals surface area contributed by atoms with Crippen LogP contribution in [0.15, 0.2) is 0 Å². The molecule has 118 valence electrons. The molecule has 2 rings (SSSR count). The monoisotopic (exact) mass is 292 g/mol. The van der Waals surface area contributed by atoms with Crippen LogP contribution in [-0.4, -0.2) is 37.3 Å². The maximum absolute atomic E-state index is 12.8. The molecular formula is C15H27F3N2. The first kappa shape index (κ1) is 16.1. The molecule has 0 aromatic carbocycles. The van der Waals surface area contributed by atoms with Crippen LogP contribution in [0.2, 0.25) is 0 Å². The Kier molecular flexibility index (Phi) is 5.35. The summed E-state index contributed by atoms with van der Waals surface area (Å²) in [7, 11) is 0. The zero-order valence-corrected chi connectivity index (χ0v) is 12.2. The van der Waals surface area contributed by atoms with Crippen LogP contribution in [0.5, 0.6) is 0 Å². The molecule has 1 saturated heterocycles. The van der Waals surface area contributed by atoms with Gasteiger partial charge < -0.3 is 10.6 Å². The molecule has 1 aliphatic carbocycles. The fourth-order valence-electron chi connectivity index (χ4n) is 3.78. The van der Waals surface area contributed by atoms with Crippen molar-refractivity contribution in [2.24, 2.45) is 17.1 Å². The van der Waals surface area contributed by atoms with Crippen molar-refractivity contribution in [2.45, 2.75) is 57.5 Å². The molecule has 0 radical (unpaired) electrons. The molecule has 5 heteroatoms. The van der Waals surface area contributed by atoms with Crippen molar-refractivity contribution in [3.05, 3.63) is 0 Å². The Bertz CT molecular complexity index is 298. The van der Waals surface area contributed by atoms with Gasteiger partial charge in [0.1, 0.15) is 0 Å². The summed E-state index contributed by atoms with van der Waals surface area (Å²) >= 11 is 0. The maximum atomic E-state index is 12.8. The van der Waals surface area contributed by atoms with E-state index in [-0.39, 0.29) is 12.0 Å². The van der Waals surface area contributed by atoms with Crippen LogP contribution in [0.3, 0.4) is 0 Å². The fourth-order valence-corrected chi connectivity index (χ4v) is 3.78. The third kappa shape index (κ3) is 4.10. The van der Waals surface area contributed by atoms with Crippen LogP contribution in [0.1, 0.15) is 51.4 Å². The minimum absolute atomic E-state index is 0.185. The van der Waals surface area contributed by atoms with Crippen molar-refractivity contribution in [1.29, 1.82) is 0 Å². The smallest absolute Gasteiger partial charge is 0.330 e. The molecule has 0 spiro atoms. The van der Waals surface area contributed by atoms with E-state index in [1.54, 1.807) is 0 Å². The largest absolute Gasteiger partial charge is 0.393 e. The van der Waals surface area contributed by atoms with Gasteiger partial charge in [-0.05, 0) is 57.2 Å². The van der Waals surface area contributed by atoms with Gasteiger partial charge in [-0.1, -0.05) is 19.3 Å². The molecule has 0 aromatic heterocycles. The quantitative estimate of drug-likeness (QED) is 0.858. The third-order valence-electron chi connectivity index (χ3n) is 5.27.